The lowest BCUT2D eigenvalue weighted by Gasteiger charge is -2.29. The van der Waals surface area contributed by atoms with Crippen molar-refractivity contribution >= 4 is 27.5 Å². The minimum Gasteiger partial charge on any atom is -0.497 e. The average molecular weight is 411 g/mol. The number of piperidine rings is 1. The minimum atomic E-state index is 0.188. The van der Waals surface area contributed by atoms with E-state index in [9.17, 15) is 4.79 Å². The number of carbonyl (C=O) groups is 1. The highest BCUT2D eigenvalue weighted by atomic mass is 32.1. The Kier molecular flexibility index (Phi) is 6.11. The summed E-state index contributed by atoms with van der Waals surface area (Å²) in [6, 6.07) is 16.2. The highest BCUT2D eigenvalue weighted by molar-refractivity contribution is 7.18. The van der Waals surface area contributed by atoms with E-state index in [2.05, 4.69) is 18.2 Å². The lowest BCUT2D eigenvalue weighted by Crippen LogP contribution is -3.14. The molecule has 0 aliphatic carbocycles. The van der Waals surface area contributed by atoms with Gasteiger partial charge in [0, 0.05) is 13.6 Å². The number of aromatic nitrogens is 1. The molecule has 0 spiro atoms. The molecular weight excluding hydrogens is 382 g/mol. The molecule has 1 saturated heterocycles. The predicted octanol–water partition coefficient (Wildman–Crippen LogP) is 2.73. The van der Waals surface area contributed by atoms with Crippen LogP contribution in [0.2, 0.25) is 0 Å². The molecule has 2 aromatic carbocycles. The minimum absolute atomic E-state index is 0.188. The summed E-state index contributed by atoms with van der Waals surface area (Å²) in [5, 5.41) is 1.22. The number of likely N-dealkylation sites (tertiary alicyclic amines) is 1. The normalized spacial score (nSPS) is 19.2. The number of para-hydroxylation sites is 1. The van der Waals surface area contributed by atoms with Crippen molar-refractivity contribution < 1.29 is 14.4 Å². The molecule has 0 saturated carbocycles. The number of methoxy groups -OCH3 is 1. The molecule has 1 aliphatic heterocycles. The molecule has 1 N–H and O–H groups in total. The van der Waals surface area contributed by atoms with Crippen molar-refractivity contribution in [3.8, 4) is 5.75 Å². The van der Waals surface area contributed by atoms with E-state index in [1.165, 1.54) is 14.6 Å². The highest BCUT2D eigenvalue weighted by Crippen LogP contribution is 2.30. The van der Waals surface area contributed by atoms with Crippen LogP contribution in [0.25, 0.3) is 10.2 Å². The summed E-state index contributed by atoms with van der Waals surface area (Å²) < 4.78 is 6.53. The summed E-state index contributed by atoms with van der Waals surface area (Å²) in [7, 11) is 3.55. The second-order valence-corrected chi connectivity index (χ2v) is 8.90. The van der Waals surface area contributed by atoms with Crippen LogP contribution in [0.15, 0.2) is 48.5 Å². The first-order chi connectivity index (χ1) is 14.1. The number of rotatable bonds is 6. The first-order valence-corrected chi connectivity index (χ1v) is 11.0. The summed E-state index contributed by atoms with van der Waals surface area (Å²) in [6.45, 7) is 3.19. The van der Waals surface area contributed by atoms with Crippen LogP contribution in [-0.2, 0) is 11.3 Å². The molecule has 29 heavy (non-hydrogen) atoms. The maximum atomic E-state index is 12.8. The number of nitrogens with one attached hydrogen (secondary N) is 1. The van der Waals surface area contributed by atoms with Crippen LogP contribution in [0.5, 0.6) is 5.75 Å². The van der Waals surface area contributed by atoms with Crippen molar-refractivity contribution in [1.29, 1.82) is 0 Å². The number of amides is 1. The van der Waals surface area contributed by atoms with E-state index < -0.39 is 0 Å². The maximum Gasteiger partial charge on any atom is 0.277 e. The van der Waals surface area contributed by atoms with Crippen molar-refractivity contribution in [2.24, 2.45) is 0 Å². The zero-order valence-electron chi connectivity index (χ0n) is 17.1. The Hall–Kier alpha value is -2.44. The van der Waals surface area contributed by atoms with Gasteiger partial charge in [0.25, 0.3) is 5.91 Å². The topological polar surface area (TPSA) is 46.9 Å². The number of thiazole rings is 1. The van der Waals surface area contributed by atoms with E-state index in [0.717, 1.165) is 42.8 Å². The van der Waals surface area contributed by atoms with Crippen LogP contribution in [0.1, 0.15) is 29.3 Å². The van der Waals surface area contributed by atoms with Crippen molar-refractivity contribution in [1.82, 2.24) is 9.88 Å². The molecule has 1 amide bonds. The molecule has 0 radical (unpaired) electrons. The van der Waals surface area contributed by atoms with Crippen LogP contribution < -0.4 is 9.64 Å². The molecule has 6 heteroatoms. The second-order valence-electron chi connectivity index (χ2n) is 7.84. The van der Waals surface area contributed by atoms with E-state index in [-0.39, 0.29) is 5.91 Å². The summed E-state index contributed by atoms with van der Waals surface area (Å²) >= 11 is 1.80. The summed E-state index contributed by atoms with van der Waals surface area (Å²) in [4.78, 5) is 20.9. The Morgan fingerprint density at radius 3 is 2.97 bits per heavy atom. The standard InChI is InChI=1S/C23H27N3O2S/c1-25(14-17-7-5-9-19(13-17)28-2)22(27)16-26-12-6-8-18(15-26)23-24-20-10-3-4-11-21(20)29-23/h3-5,7,9-11,13,18H,6,8,12,14-16H2,1-2H3/p+1/t18-/m0/s1. The molecule has 152 valence electrons. The van der Waals surface area contributed by atoms with E-state index >= 15 is 0 Å². The number of nitrogens with zero attached hydrogens (tertiary/aromatic N) is 2. The summed E-state index contributed by atoms with van der Waals surface area (Å²) in [5.74, 6) is 1.46. The highest BCUT2D eigenvalue weighted by Gasteiger charge is 2.29. The Balaban J connectivity index is 1.36. The van der Waals surface area contributed by atoms with Gasteiger partial charge < -0.3 is 14.5 Å². The van der Waals surface area contributed by atoms with Gasteiger partial charge in [-0.1, -0.05) is 24.3 Å². The molecule has 5 nitrogen and oxygen atoms in total. The number of fused-ring (bicyclic) bond motifs is 1. The number of benzene rings is 2. The van der Waals surface area contributed by atoms with Crippen LogP contribution in [0.3, 0.4) is 0 Å². The number of likely N-dealkylation sites (N-methyl/N-ethyl adjacent to an activating group) is 1. The van der Waals surface area contributed by atoms with Crippen molar-refractivity contribution in [3.63, 3.8) is 0 Å². The number of ether oxygens (including phenoxy) is 1. The van der Waals surface area contributed by atoms with Crippen molar-refractivity contribution in [2.75, 3.05) is 33.8 Å². The predicted molar refractivity (Wildman–Crippen MR) is 117 cm³/mol. The fraction of sp³-hybridized carbons (Fsp3) is 0.391. The van der Waals surface area contributed by atoms with Gasteiger partial charge in [-0.2, -0.15) is 0 Å². The van der Waals surface area contributed by atoms with E-state index in [0.29, 0.717) is 19.0 Å². The molecular formula is C23H28N3O2S+. The Bertz CT molecular complexity index is 954. The smallest absolute Gasteiger partial charge is 0.277 e. The van der Waals surface area contributed by atoms with Crippen molar-refractivity contribution in [3.05, 3.63) is 59.1 Å². The molecule has 0 bridgehead atoms. The molecule has 2 heterocycles. The van der Waals surface area contributed by atoms with Gasteiger partial charge in [-0.25, -0.2) is 4.98 Å². The number of quaternary nitrogens is 1. The van der Waals surface area contributed by atoms with Gasteiger partial charge in [-0.05, 0) is 42.7 Å². The first kappa shape index (κ1) is 19.9. The van der Waals surface area contributed by atoms with E-state index in [1.54, 1.807) is 18.4 Å². The monoisotopic (exact) mass is 410 g/mol. The van der Waals surface area contributed by atoms with E-state index in [4.69, 9.17) is 9.72 Å². The first-order valence-electron chi connectivity index (χ1n) is 10.2. The quantitative estimate of drug-likeness (QED) is 0.680. The molecule has 3 aromatic rings. The SMILES string of the molecule is COc1cccc(CN(C)C(=O)C[NH+]2CCC[C@H](c3nc4ccccc4s3)C2)c1. The Labute approximate surface area is 175 Å². The maximum absolute atomic E-state index is 12.8. The fourth-order valence-corrected chi connectivity index (χ4v) is 5.17. The van der Waals surface area contributed by atoms with Gasteiger partial charge in [-0.3, -0.25) is 4.79 Å². The summed E-state index contributed by atoms with van der Waals surface area (Å²) in [6.07, 6.45) is 2.31. The molecule has 1 fully saturated rings. The number of hydrogen-bond acceptors (Lipinski definition) is 4. The van der Waals surface area contributed by atoms with Gasteiger partial charge in [0.05, 0.1) is 36.3 Å². The third-order valence-corrected chi connectivity index (χ3v) is 6.86. The number of carbonyl (C=O) groups excluding carboxylic acids is 1. The molecule has 1 unspecified atom stereocenters. The van der Waals surface area contributed by atoms with Crippen molar-refractivity contribution in [2.45, 2.75) is 25.3 Å². The van der Waals surface area contributed by atoms with Crippen LogP contribution >= 0.6 is 11.3 Å². The molecule has 1 aliphatic rings. The average Bonchev–Trinajstić information content (AvgIpc) is 3.18. The van der Waals surface area contributed by atoms with Gasteiger partial charge in [-0.15, -0.1) is 11.3 Å². The fourth-order valence-electron chi connectivity index (χ4n) is 4.07. The lowest BCUT2D eigenvalue weighted by molar-refractivity contribution is -0.898. The lowest BCUT2D eigenvalue weighted by atomic mass is 9.98. The van der Waals surface area contributed by atoms with Gasteiger partial charge in [0.2, 0.25) is 0 Å². The number of hydrogen-bond donors (Lipinski definition) is 1. The third-order valence-electron chi connectivity index (χ3n) is 5.66. The zero-order valence-corrected chi connectivity index (χ0v) is 17.9. The van der Waals surface area contributed by atoms with Crippen LogP contribution in [0, 0.1) is 0 Å². The Morgan fingerprint density at radius 1 is 1.28 bits per heavy atom. The van der Waals surface area contributed by atoms with Crippen LogP contribution in [0.4, 0.5) is 0 Å². The van der Waals surface area contributed by atoms with Gasteiger partial charge in [0.1, 0.15) is 10.8 Å². The second kappa shape index (κ2) is 8.93. The zero-order chi connectivity index (χ0) is 20.2. The van der Waals surface area contributed by atoms with E-state index in [1.807, 2.05) is 42.3 Å². The molecule has 4 rings (SSSR count). The molecule has 1 aromatic heterocycles. The molecule has 2 atom stereocenters. The summed E-state index contributed by atoms with van der Waals surface area (Å²) in [5.41, 5.74) is 2.18. The Morgan fingerprint density at radius 2 is 2.14 bits per heavy atom. The van der Waals surface area contributed by atoms with Gasteiger partial charge in [0.15, 0.2) is 6.54 Å². The largest absolute Gasteiger partial charge is 0.497 e. The van der Waals surface area contributed by atoms with Crippen LogP contribution in [-0.4, -0.2) is 49.6 Å². The van der Waals surface area contributed by atoms with Gasteiger partial charge >= 0.3 is 0 Å². The third kappa shape index (κ3) is 4.77.